The Hall–Kier alpha value is -0.380. The summed E-state index contributed by atoms with van der Waals surface area (Å²) in [6, 6.07) is 2.24. The van der Waals surface area contributed by atoms with Gasteiger partial charge in [-0.2, -0.15) is 0 Å². The molecule has 0 aromatic carbocycles. The van der Waals surface area contributed by atoms with E-state index in [4.69, 9.17) is 0 Å². The third-order valence-electron chi connectivity index (χ3n) is 3.45. The van der Waals surface area contributed by atoms with Crippen molar-refractivity contribution < 1.29 is 5.11 Å². The number of nitrogens with one attached hydrogen (secondary N) is 1. The highest BCUT2D eigenvalue weighted by Crippen LogP contribution is 2.28. The van der Waals surface area contributed by atoms with Crippen LogP contribution >= 0.6 is 11.3 Å². The first kappa shape index (κ1) is 12.1. The van der Waals surface area contributed by atoms with Crippen LogP contribution in [0, 0.1) is 13.8 Å². The first-order valence-electron chi connectivity index (χ1n) is 6.08. The predicted octanol–water partition coefficient (Wildman–Crippen LogP) is 2.76. The van der Waals surface area contributed by atoms with Gasteiger partial charge in [-0.05, 0) is 38.3 Å². The summed E-state index contributed by atoms with van der Waals surface area (Å²) in [6.07, 6.45) is 4.27. The lowest BCUT2D eigenvalue weighted by Crippen LogP contribution is -2.37. The molecule has 2 nitrogen and oxygen atoms in total. The maximum Gasteiger partial charge on any atom is 0.0771 e. The maximum absolute atomic E-state index is 10.2. The van der Waals surface area contributed by atoms with Gasteiger partial charge in [0, 0.05) is 22.8 Å². The van der Waals surface area contributed by atoms with Gasteiger partial charge in [0.1, 0.15) is 0 Å². The van der Waals surface area contributed by atoms with Crippen LogP contribution in [0.3, 0.4) is 0 Å². The molecule has 16 heavy (non-hydrogen) atoms. The first-order valence-corrected chi connectivity index (χ1v) is 6.90. The second-order valence-electron chi connectivity index (χ2n) is 4.97. The molecule has 2 N–H and O–H groups in total. The van der Waals surface area contributed by atoms with E-state index in [0.29, 0.717) is 0 Å². The van der Waals surface area contributed by atoms with Crippen LogP contribution in [0.15, 0.2) is 6.07 Å². The molecule has 0 unspecified atom stereocenters. The van der Waals surface area contributed by atoms with Crippen LogP contribution in [-0.4, -0.2) is 17.3 Å². The largest absolute Gasteiger partial charge is 0.389 e. The summed E-state index contributed by atoms with van der Waals surface area (Å²) in [5.41, 5.74) is 0.947. The van der Waals surface area contributed by atoms with Gasteiger partial charge in [-0.25, -0.2) is 0 Å². The smallest absolute Gasteiger partial charge is 0.0771 e. The van der Waals surface area contributed by atoms with Crippen LogP contribution in [0.25, 0.3) is 0 Å². The minimum absolute atomic E-state index is 0.432. The van der Waals surface area contributed by atoms with Crippen LogP contribution < -0.4 is 5.32 Å². The van der Waals surface area contributed by atoms with E-state index in [-0.39, 0.29) is 0 Å². The van der Waals surface area contributed by atoms with E-state index in [2.05, 4.69) is 25.2 Å². The Kier molecular flexibility index (Phi) is 3.67. The van der Waals surface area contributed by atoms with Gasteiger partial charge in [-0.15, -0.1) is 11.3 Å². The fourth-order valence-corrected chi connectivity index (χ4v) is 3.45. The minimum atomic E-state index is -0.432. The van der Waals surface area contributed by atoms with Crippen molar-refractivity contribution >= 4 is 11.3 Å². The Labute approximate surface area is 102 Å². The van der Waals surface area contributed by atoms with Gasteiger partial charge < -0.3 is 10.4 Å². The zero-order chi connectivity index (χ0) is 11.6. The van der Waals surface area contributed by atoms with Crippen LogP contribution in [0.4, 0.5) is 0 Å². The number of hydrogen-bond acceptors (Lipinski definition) is 3. The van der Waals surface area contributed by atoms with Gasteiger partial charge in [0.2, 0.25) is 0 Å². The van der Waals surface area contributed by atoms with Gasteiger partial charge in [-0.1, -0.05) is 12.8 Å². The fourth-order valence-electron chi connectivity index (χ4n) is 2.50. The van der Waals surface area contributed by atoms with Crippen molar-refractivity contribution in [3.63, 3.8) is 0 Å². The Morgan fingerprint density at radius 2 is 2.06 bits per heavy atom. The third-order valence-corrected chi connectivity index (χ3v) is 4.46. The highest BCUT2D eigenvalue weighted by molar-refractivity contribution is 7.12. The predicted molar refractivity (Wildman–Crippen MR) is 68.9 cm³/mol. The van der Waals surface area contributed by atoms with E-state index in [1.165, 1.54) is 28.2 Å². The third kappa shape index (κ3) is 2.84. The Balaban J connectivity index is 1.81. The lowest BCUT2D eigenvalue weighted by Gasteiger charge is -2.22. The minimum Gasteiger partial charge on any atom is -0.389 e. The number of aliphatic hydroxyl groups is 1. The summed E-state index contributed by atoms with van der Waals surface area (Å²) in [7, 11) is 0. The number of aryl methyl sites for hydroxylation is 2. The molecule has 1 heterocycles. The molecule has 90 valence electrons. The van der Waals surface area contributed by atoms with E-state index < -0.39 is 5.60 Å². The summed E-state index contributed by atoms with van der Waals surface area (Å²) < 4.78 is 0. The lowest BCUT2D eigenvalue weighted by molar-refractivity contribution is 0.0475. The molecule has 0 saturated heterocycles. The fraction of sp³-hybridized carbons (Fsp3) is 0.692. The van der Waals surface area contributed by atoms with Gasteiger partial charge in [0.15, 0.2) is 0 Å². The topological polar surface area (TPSA) is 32.3 Å². The summed E-state index contributed by atoms with van der Waals surface area (Å²) in [6.45, 7) is 5.93. The zero-order valence-electron chi connectivity index (χ0n) is 10.2. The van der Waals surface area contributed by atoms with Crippen LogP contribution in [0.1, 0.15) is 41.0 Å². The van der Waals surface area contributed by atoms with Gasteiger partial charge >= 0.3 is 0 Å². The standard InChI is InChI=1S/C13H21NOS/c1-10-7-12(11(2)16-10)8-14-9-13(15)5-3-4-6-13/h7,14-15H,3-6,8-9H2,1-2H3. The Bertz CT molecular complexity index is 353. The molecule has 1 aromatic rings. The van der Waals surface area contributed by atoms with Gasteiger partial charge in [0.05, 0.1) is 5.60 Å². The van der Waals surface area contributed by atoms with E-state index in [0.717, 1.165) is 25.9 Å². The molecule has 0 radical (unpaired) electrons. The molecule has 2 rings (SSSR count). The normalized spacial score (nSPS) is 19.2. The van der Waals surface area contributed by atoms with Crippen molar-refractivity contribution in [2.24, 2.45) is 0 Å². The molecule has 0 atom stereocenters. The van der Waals surface area contributed by atoms with Crippen molar-refractivity contribution in [2.45, 2.75) is 51.7 Å². The molecule has 0 aliphatic heterocycles. The molecule has 1 aliphatic rings. The summed E-state index contributed by atoms with van der Waals surface area (Å²) in [4.78, 5) is 2.76. The monoisotopic (exact) mass is 239 g/mol. The molecular weight excluding hydrogens is 218 g/mol. The molecule has 0 bridgehead atoms. The number of thiophene rings is 1. The first-order chi connectivity index (χ1) is 7.59. The summed E-state index contributed by atoms with van der Waals surface area (Å²) in [5.74, 6) is 0. The summed E-state index contributed by atoms with van der Waals surface area (Å²) in [5, 5.41) is 13.6. The van der Waals surface area contributed by atoms with E-state index in [9.17, 15) is 5.11 Å². The van der Waals surface area contributed by atoms with E-state index in [1.807, 2.05) is 11.3 Å². The second-order valence-corrected chi connectivity index (χ2v) is 6.43. The van der Waals surface area contributed by atoms with Crippen LogP contribution in [-0.2, 0) is 6.54 Å². The van der Waals surface area contributed by atoms with Gasteiger partial charge in [-0.3, -0.25) is 0 Å². The van der Waals surface area contributed by atoms with Gasteiger partial charge in [0.25, 0.3) is 0 Å². The van der Waals surface area contributed by atoms with Crippen molar-refractivity contribution in [2.75, 3.05) is 6.54 Å². The summed E-state index contributed by atoms with van der Waals surface area (Å²) >= 11 is 1.85. The zero-order valence-corrected chi connectivity index (χ0v) is 11.0. The Morgan fingerprint density at radius 3 is 2.62 bits per heavy atom. The number of rotatable bonds is 4. The molecule has 1 aromatic heterocycles. The molecule has 0 spiro atoms. The average Bonchev–Trinajstić information content (AvgIpc) is 2.75. The number of hydrogen-bond donors (Lipinski definition) is 2. The molecule has 3 heteroatoms. The lowest BCUT2D eigenvalue weighted by atomic mass is 10.0. The second kappa shape index (κ2) is 4.86. The van der Waals surface area contributed by atoms with E-state index >= 15 is 0 Å². The quantitative estimate of drug-likeness (QED) is 0.847. The van der Waals surface area contributed by atoms with Crippen molar-refractivity contribution in [1.29, 1.82) is 0 Å². The molecule has 0 amide bonds. The van der Waals surface area contributed by atoms with Crippen molar-refractivity contribution in [3.05, 3.63) is 21.4 Å². The van der Waals surface area contributed by atoms with Crippen molar-refractivity contribution in [3.8, 4) is 0 Å². The van der Waals surface area contributed by atoms with Crippen molar-refractivity contribution in [1.82, 2.24) is 5.32 Å². The average molecular weight is 239 g/mol. The molecule has 1 fully saturated rings. The Morgan fingerprint density at radius 1 is 1.38 bits per heavy atom. The highest BCUT2D eigenvalue weighted by atomic mass is 32.1. The molecule has 1 saturated carbocycles. The molecular formula is C13H21NOS. The van der Waals surface area contributed by atoms with Crippen LogP contribution in [0.2, 0.25) is 0 Å². The van der Waals surface area contributed by atoms with Crippen LogP contribution in [0.5, 0.6) is 0 Å². The highest BCUT2D eigenvalue weighted by Gasteiger charge is 2.30. The SMILES string of the molecule is Cc1cc(CNCC2(O)CCCC2)c(C)s1. The van der Waals surface area contributed by atoms with E-state index in [1.54, 1.807) is 0 Å². The maximum atomic E-state index is 10.2. The molecule has 1 aliphatic carbocycles.